The maximum atomic E-state index is 11.4. The van der Waals surface area contributed by atoms with Gasteiger partial charge in [-0.25, -0.2) is 0 Å². The van der Waals surface area contributed by atoms with Gasteiger partial charge in [0.25, 0.3) is 20.2 Å². The molecule has 2 N–H and O–H groups in total. The molecule has 102 valence electrons. The Balaban J connectivity index is 2.99. The second kappa shape index (κ2) is 4.27. The number of hydrogen-bond acceptors (Lipinski definition) is 4. The second-order valence-electron chi connectivity index (χ2n) is 4.04. The maximum absolute atomic E-state index is 11.4. The van der Waals surface area contributed by atoms with Gasteiger partial charge in [0.1, 0.15) is 4.90 Å². The van der Waals surface area contributed by atoms with Crippen LogP contribution in [0.5, 0.6) is 0 Å². The Hall–Kier alpha value is -1.48. The predicted molar refractivity (Wildman–Crippen MR) is 68.3 cm³/mol. The average Bonchev–Trinajstić information content (AvgIpc) is 2.24. The van der Waals surface area contributed by atoms with E-state index in [-0.39, 0.29) is 15.8 Å². The van der Waals surface area contributed by atoms with Gasteiger partial charge in [-0.1, -0.05) is 18.2 Å². The molecule has 0 aromatic heterocycles. The summed E-state index contributed by atoms with van der Waals surface area (Å²) in [5.74, 6) is 0. The first-order valence-electron chi connectivity index (χ1n) is 5.09. The smallest absolute Gasteiger partial charge is 0.282 e. The summed E-state index contributed by atoms with van der Waals surface area (Å²) >= 11 is 0. The van der Waals surface area contributed by atoms with Crippen LogP contribution in [0.25, 0.3) is 10.8 Å². The van der Waals surface area contributed by atoms with Crippen molar-refractivity contribution in [2.75, 3.05) is 0 Å². The summed E-state index contributed by atoms with van der Waals surface area (Å²) in [6.07, 6.45) is 0. The molecule has 0 spiro atoms. The van der Waals surface area contributed by atoms with Gasteiger partial charge in [0.15, 0.2) is 0 Å². The fourth-order valence-corrected chi connectivity index (χ4v) is 3.32. The number of benzene rings is 2. The summed E-state index contributed by atoms with van der Waals surface area (Å²) in [6, 6.07) is 6.61. The number of hydrogen-bond donors (Lipinski definition) is 2. The Morgan fingerprint density at radius 1 is 0.895 bits per heavy atom. The lowest BCUT2D eigenvalue weighted by Crippen LogP contribution is -2.03. The van der Waals surface area contributed by atoms with Crippen LogP contribution in [0.3, 0.4) is 0 Å². The highest BCUT2D eigenvalue weighted by atomic mass is 32.2. The van der Waals surface area contributed by atoms with Crippen LogP contribution in [0.4, 0.5) is 0 Å². The lowest BCUT2D eigenvalue weighted by Gasteiger charge is -2.08. The third-order valence-electron chi connectivity index (χ3n) is 2.70. The molecular weight excluding hydrogens is 292 g/mol. The summed E-state index contributed by atoms with van der Waals surface area (Å²) in [4.78, 5) is -0.800. The minimum Gasteiger partial charge on any atom is -0.282 e. The molecule has 0 aliphatic heterocycles. The lowest BCUT2D eigenvalue weighted by atomic mass is 10.1. The normalized spacial score (nSPS) is 12.8. The van der Waals surface area contributed by atoms with E-state index in [9.17, 15) is 21.4 Å². The van der Waals surface area contributed by atoms with Crippen LogP contribution in [0.2, 0.25) is 0 Å². The summed E-state index contributed by atoms with van der Waals surface area (Å²) in [5, 5.41) is 0.475. The van der Waals surface area contributed by atoms with E-state index < -0.39 is 25.1 Å². The monoisotopic (exact) mass is 302 g/mol. The average molecular weight is 302 g/mol. The predicted octanol–water partition coefficient (Wildman–Crippen LogP) is 1.64. The van der Waals surface area contributed by atoms with Crippen LogP contribution in [-0.2, 0) is 20.2 Å². The molecule has 0 radical (unpaired) electrons. The van der Waals surface area contributed by atoms with Crippen molar-refractivity contribution in [3.05, 3.63) is 35.9 Å². The van der Waals surface area contributed by atoms with Crippen LogP contribution in [0.15, 0.2) is 40.1 Å². The fourth-order valence-electron chi connectivity index (χ4n) is 1.88. The van der Waals surface area contributed by atoms with Gasteiger partial charge in [-0.05, 0) is 30.0 Å². The number of aryl methyl sites for hydroxylation is 1. The molecule has 0 fully saturated rings. The Bertz CT molecular complexity index is 865. The third-order valence-corrected chi connectivity index (χ3v) is 4.60. The molecule has 2 rings (SSSR count). The quantitative estimate of drug-likeness (QED) is 0.816. The third kappa shape index (κ3) is 2.61. The second-order valence-corrected chi connectivity index (χ2v) is 6.82. The van der Waals surface area contributed by atoms with Gasteiger partial charge in [0.05, 0.1) is 4.90 Å². The maximum Gasteiger partial charge on any atom is 0.295 e. The van der Waals surface area contributed by atoms with Crippen molar-refractivity contribution in [3.8, 4) is 0 Å². The highest BCUT2D eigenvalue weighted by Gasteiger charge is 2.19. The summed E-state index contributed by atoms with van der Waals surface area (Å²) in [7, 11) is -8.94. The number of rotatable bonds is 2. The molecule has 0 unspecified atom stereocenters. The summed E-state index contributed by atoms with van der Waals surface area (Å²) < 4.78 is 63.1. The molecule has 0 saturated heterocycles. The molecule has 6 nitrogen and oxygen atoms in total. The Morgan fingerprint density at radius 3 is 2.00 bits per heavy atom. The molecule has 0 amide bonds. The number of fused-ring (bicyclic) bond motifs is 1. The molecular formula is C11H10O6S2. The first kappa shape index (κ1) is 13.9. The van der Waals surface area contributed by atoms with E-state index in [1.165, 1.54) is 19.1 Å². The zero-order chi connectivity index (χ0) is 14.4. The van der Waals surface area contributed by atoms with E-state index in [0.29, 0.717) is 5.39 Å². The van der Waals surface area contributed by atoms with Crippen molar-refractivity contribution >= 4 is 31.0 Å². The van der Waals surface area contributed by atoms with Gasteiger partial charge >= 0.3 is 0 Å². The Kier molecular flexibility index (Phi) is 3.13. The van der Waals surface area contributed by atoms with Crippen molar-refractivity contribution in [1.29, 1.82) is 0 Å². The first-order chi connectivity index (χ1) is 8.60. The van der Waals surface area contributed by atoms with Crippen LogP contribution in [0.1, 0.15) is 5.56 Å². The summed E-state index contributed by atoms with van der Waals surface area (Å²) in [6.45, 7) is 1.47. The van der Waals surface area contributed by atoms with Crippen molar-refractivity contribution in [3.63, 3.8) is 0 Å². The lowest BCUT2D eigenvalue weighted by molar-refractivity contribution is 0.480. The first-order valence-corrected chi connectivity index (χ1v) is 7.97. The Morgan fingerprint density at radius 2 is 1.47 bits per heavy atom. The molecule has 0 saturated carbocycles. The SMILES string of the molecule is Cc1ccc2ccc(S(=O)(=O)O)cc2c1S(=O)(=O)O. The topological polar surface area (TPSA) is 109 Å². The van der Waals surface area contributed by atoms with E-state index in [4.69, 9.17) is 4.55 Å². The van der Waals surface area contributed by atoms with Gasteiger partial charge in [-0.2, -0.15) is 16.8 Å². The van der Waals surface area contributed by atoms with Gasteiger partial charge in [0.2, 0.25) is 0 Å². The minimum atomic E-state index is -4.50. The van der Waals surface area contributed by atoms with Gasteiger partial charge in [-0.3, -0.25) is 9.11 Å². The molecule has 0 aliphatic carbocycles. The fraction of sp³-hybridized carbons (Fsp3) is 0.0909. The zero-order valence-corrected chi connectivity index (χ0v) is 11.4. The molecule has 2 aromatic rings. The van der Waals surface area contributed by atoms with E-state index in [2.05, 4.69) is 0 Å². The summed E-state index contributed by atoms with van der Waals surface area (Å²) in [5.41, 5.74) is 0.280. The molecule has 0 bridgehead atoms. The van der Waals surface area contributed by atoms with Crippen LogP contribution in [-0.4, -0.2) is 25.9 Å². The van der Waals surface area contributed by atoms with Crippen molar-refractivity contribution in [1.82, 2.24) is 0 Å². The van der Waals surface area contributed by atoms with E-state index in [0.717, 1.165) is 12.1 Å². The molecule has 0 atom stereocenters. The minimum absolute atomic E-state index is 0.0395. The van der Waals surface area contributed by atoms with Gasteiger partial charge in [0, 0.05) is 5.39 Å². The largest absolute Gasteiger partial charge is 0.295 e. The molecule has 19 heavy (non-hydrogen) atoms. The highest BCUT2D eigenvalue weighted by Crippen LogP contribution is 2.28. The van der Waals surface area contributed by atoms with E-state index in [1.807, 2.05) is 0 Å². The van der Waals surface area contributed by atoms with Crippen LogP contribution >= 0.6 is 0 Å². The standard InChI is InChI=1S/C11H10O6S2/c1-7-2-3-8-4-5-9(18(12,13)14)6-10(8)11(7)19(15,16)17/h2-6H,1H3,(H,12,13,14)(H,15,16,17). The Labute approximate surface area is 110 Å². The highest BCUT2D eigenvalue weighted by molar-refractivity contribution is 7.86. The van der Waals surface area contributed by atoms with Crippen molar-refractivity contribution in [2.24, 2.45) is 0 Å². The van der Waals surface area contributed by atoms with E-state index in [1.54, 1.807) is 6.07 Å². The van der Waals surface area contributed by atoms with Crippen molar-refractivity contribution < 1.29 is 25.9 Å². The van der Waals surface area contributed by atoms with Crippen LogP contribution < -0.4 is 0 Å². The molecule has 8 heteroatoms. The molecule has 2 aromatic carbocycles. The molecule has 0 aliphatic rings. The van der Waals surface area contributed by atoms with Gasteiger partial charge in [-0.15, -0.1) is 0 Å². The van der Waals surface area contributed by atoms with Crippen LogP contribution in [0, 0.1) is 6.92 Å². The van der Waals surface area contributed by atoms with Gasteiger partial charge < -0.3 is 0 Å². The van der Waals surface area contributed by atoms with Crippen molar-refractivity contribution in [2.45, 2.75) is 16.7 Å². The zero-order valence-electron chi connectivity index (χ0n) is 9.73. The molecule has 0 heterocycles. The van der Waals surface area contributed by atoms with E-state index >= 15 is 0 Å².